The number of nitrogens with one attached hydrogen (secondary N) is 1. The van der Waals surface area contributed by atoms with Crippen LogP contribution in [0.5, 0.6) is 0 Å². The van der Waals surface area contributed by atoms with Gasteiger partial charge in [0.05, 0.1) is 12.1 Å². The molecule has 0 aromatic rings. The maximum Gasteiger partial charge on any atom is 0.329 e. The van der Waals surface area contributed by atoms with Crippen molar-refractivity contribution in [1.82, 2.24) is 10.2 Å². The molecule has 2 unspecified atom stereocenters. The minimum absolute atomic E-state index is 0.237. The molecule has 0 radical (unpaired) electrons. The fraction of sp³-hybridized carbons (Fsp3) is 0.846. The number of carbonyl (C=O) groups is 2. The lowest BCUT2D eigenvalue weighted by atomic mass is 9.94. The third-order valence-corrected chi connectivity index (χ3v) is 3.57. The molecule has 1 fully saturated rings. The standard InChI is InChI=1S/C13H24N2O4/c1-4-6-13(3,10(16)17)14-11(18)15-8-5-7-12(2,19)9-15/h19H,4-9H2,1-3H3,(H,14,18)(H,16,17). The van der Waals surface area contributed by atoms with E-state index in [1.165, 1.54) is 11.8 Å². The van der Waals surface area contributed by atoms with E-state index in [4.69, 9.17) is 0 Å². The van der Waals surface area contributed by atoms with E-state index >= 15 is 0 Å². The molecular weight excluding hydrogens is 248 g/mol. The third kappa shape index (κ3) is 4.09. The Labute approximate surface area is 113 Å². The van der Waals surface area contributed by atoms with E-state index in [9.17, 15) is 19.8 Å². The molecule has 3 N–H and O–H groups in total. The van der Waals surface area contributed by atoms with Gasteiger partial charge in [0.1, 0.15) is 5.54 Å². The van der Waals surface area contributed by atoms with E-state index in [0.717, 1.165) is 6.42 Å². The summed E-state index contributed by atoms with van der Waals surface area (Å²) in [6, 6.07) is -0.418. The lowest BCUT2D eigenvalue weighted by molar-refractivity contribution is -0.144. The monoisotopic (exact) mass is 272 g/mol. The second-order valence-electron chi connectivity index (χ2n) is 5.84. The smallest absolute Gasteiger partial charge is 0.329 e. The van der Waals surface area contributed by atoms with Gasteiger partial charge < -0.3 is 20.4 Å². The van der Waals surface area contributed by atoms with Crippen molar-refractivity contribution in [2.75, 3.05) is 13.1 Å². The molecule has 0 spiro atoms. The van der Waals surface area contributed by atoms with Crippen molar-refractivity contribution >= 4 is 12.0 Å². The summed E-state index contributed by atoms with van der Waals surface area (Å²) in [7, 11) is 0. The summed E-state index contributed by atoms with van der Waals surface area (Å²) in [6.45, 7) is 5.86. The number of carbonyl (C=O) groups excluding carboxylic acids is 1. The summed E-state index contributed by atoms with van der Waals surface area (Å²) in [5.74, 6) is -1.04. The first-order chi connectivity index (χ1) is 8.70. The Bertz CT molecular complexity index is 357. The maximum absolute atomic E-state index is 12.1. The lowest BCUT2D eigenvalue weighted by Crippen LogP contribution is -2.59. The van der Waals surface area contributed by atoms with Gasteiger partial charge in [-0.25, -0.2) is 9.59 Å². The maximum atomic E-state index is 12.1. The molecule has 6 nitrogen and oxygen atoms in total. The molecule has 6 heteroatoms. The summed E-state index contributed by atoms with van der Waals surface area (Å²) in [5.41, 5.74) is -2.14. The van der Waals surface area contributed by atoms with Crippen molar-refractivity contribution in [1.29, 1.82) is 0 Å². The number of rotatable bonds is 4. The Morgan fingerprint density at radius 1 is 1.47 bits per heavy atom. The van der Waals surface area contributed by atoms with Crippen LogP contribution in [0.15, 0.2) is 0 Å². The zero-order valence-corrected chi connectivity index (χ0v) is 11.9. The zero-order chi connectivity index (χ0) is 14.7. The topological polar surface area (TPSA) is 89.9 Å². The largest absolute Gasteiger partial charge is 0.480 e. The predicted octanol–water partition coefficient (Wildman–Crippen LogP) is 1.19. The van der Waals surface area contributed by atoms with E-state index < -0.39 is 23.1 Å². The highest BCUT2D eigenvalue weighted by Gasteiger charge is 2.37. The fourth-order valence-corrected chi connectivity index (χ4v) is 2.43. The second-order valence-corrected chi connectivity index (χ2v) is 5.84. The van der Waals surface area contributed by atoms with Gasteiger partial charge in [0.2, 0.25) is 0 Å². The Balaban J connectivity index is 2.69. The highest BCUT2D eigenvalue weighted by molar-refractivity contribution is 5.86. The lowest BCUT2D eigenvalue weighted by Gasteiger charge is -2.38. The fourth-order valence-electron chi connectivity index (χ4n) is 2.43. The van der Waals surface area contributed by atoms with Gasteiger partial charge in [-0.2, -0.15) is 0 Å². The average molecular weight is 272 g/mol. The molecule has 1 rings (SSSR count). The summed E-state index contributed by atoms with van der Waals surface area (Å²) in [6.07, 6.45) is 2.42. The van der Waals surface area contributed by atoms with Crippen LogP contribution in [0.25, 0.3) is 0 Å². The van der Waals surface area contributed by atoms with E-state index in [1.807, 2.05) is 6.92 Å². The number of carboxylic acid groups (broad SMARTS) is 1. The second kappa shape index (κ2) is 5.77. The first-order valence-corrected chi connectivity index (χ1v) is 6.73. The Kier molecular flexibility index (Phi) is 4.79. The van der Waals surface area contributed by atoms with Gasteiger partial charge >= 0.3 is 12.0 Å². The predicted molar refractivity (Wildman–Crippen MR) is 70.9 cm³/mol. The minimum atomic E-state index is -1.25. The van der Waals surface area contributed by atoms with Crippen LogP contribution >= 0.6 is 0 Å². The Hall–Kier alpha value is -1.30. The zero-order valence-electron chi connectivity index (χ0n) is 11.9. The average Bonchev–Trinajstić information content (AvgIpc) is 2.27. The van der Waals surface area contributed by atoms with Gasteiger partial charge in [0.25, 0.3) is 0 Å². The van der Waals surface area contributed by atoms with Gasteiger partial charge in [0, 0.05) is 6.54 Å². The molecule has 1 aliphatic rings. The molecule has 2 amide bonds. The molecule has 0 aromatic heterocycles. The van der Waals surface area contributed by atoms with Crippen molar-refractivity contribution in [3.63, 3.8) is 0 Å². The molecule has 0 bridgehead atoms. The number of hydrogen-bond donors (Lipinski definition) is 3. The van der Waals surface area contributed by atoms with Crippen LogP contribution in [0.4, 0.5) is 4.79 Å². The SMILES string of the molecule is CCCC(C)(NC(=O)N1CCCC(C)(O)C1)C(=O)O. The molecule has 0 aromatic carbocycles. The number of aliphatic hydroxyl groups is 1. The summed E-state index contributed by atoms with van der Waals surface area (Å²) >= 11 is 0. The van der Waals surface area contributed by atoms with Crippen LogP contribution in [0.1, 0.15) is 46.5 Å². The quantitative estimate of drug-likeness (QED) is 0.717. The first kappa shape index (κ1) is 15.8. The molecule has 0 saturated carbocycles. The van der Waals surface area contributed by atoms with Crippen molar-refractivity contribution < 1.29 is 19.8 Å². The number of carboxylic acids is 1. The molecule has 1 saturated heterocycles. The number of aliphatic carboxylic acids is 1. The van der Waals surface area contributed by atoms with Crippen molar-refractivity contribution in [3.05, 3.63) is 0 Å². The number of β-amino-alcohol motifs (C(OH)–C–C–N with tert-alkyl or cyclic N) is 1. The van der Waals surface area contributed by atoms with Gasteiger partial charge in [-0.3, -0.25) is 0 Å². The van der Waals surface area contributed by atoms with Gasteiger partial charge in [0.15, 0.2) is 0 Å². The Morgan fingerprint density at radius 3 is 2.58 bits per heavy atom. The van der Waals surface area contributed by atoms with E-state index in [1.54, 1.807) is 6.92 Å². The van der Waals surface area contributed by atoms with Crippen molar-refractivity contribution in [3.8, 4) is 0 Å². The van der Waals surface area contributed by atoms with Crippen LogP contribution < -0.4 is 5.32 Å². The minimum Gasteiger partial charge on any atom is -0.480 e. The summed E-state index contributed by atoms with van der Waals surface area (Å²) in [4.78, 5) is 24.9. The normalized spacial score (nSPS) is 26.6. The van der Waals surface area contributed by atoms with Crippen LogP contribution in [0, 0.1) is 0 Å². The first-order valence-electron chi connectivity index (χ1n) is 6.73. The molecular formula is C13H24N2O4. The number of amides is 2. The molecule has 1 heterocycles. The molecule has 2 atom stereocenters. The van der Waals surface area contributed by atoms with Gasteiger partial charge in [-0.05, 0) is 33.1 Å². The van der Waals surface area contributed by atoms with Crippen molar-refractivity contribution in [2.24, 2.45) is 0 Å². The molecule has 110 valence electrons. The number of likely N-dealkylation sites (tertiary alicyclic amines) is 1. The van der Waals surface area contributed by atoms with Crippen LogP contribution in [-0.4, -0.2) is 51.3 Å². The highest BCUT2D eigenvalue weighted by Crippen LogP contribution is 2.21. The number of piperidine rings is 1. The van der Waals surface area contributed by atoms with Gasteiger partial charge in [-0.1, -0.05) is 13.3 Å². The van der Waals surface area contributed by atoms with E-state index in [2.05, 4.69) is 5.32 Å². The van der Waals surface area contributed by atoms with Crippen LogP contribution in [-0.2, 0) is 4.79 Å². The van der Waals surface area contributed by atoms with Crippen LogP contribution in [0.2, 0.25) is 0 Å². The van der Waals surface area contributed by atoms with Gasteiger partial charge in [-0.15, -0.1) is 0 Å². The molecule has 19 heavy (non-hydrogen) atoms. The third-order valence-electron chi connectivity index (χ3n) is 3.57. The molecule has 1 aliphatic heterocycles. The summed E-state index contributed by atoms with van der Waals surface area (Å²) in [5, 5.41) is 21.8. The Morgan fingerprint density at radius 2 is 2.11 bits per heavy atom. The van der Waals surface area contributed by atoms with Crippen LogP contribution in [0.3, 0.4) is 0 Å². The van der Waals surface area contributed by atoms with Crippen molar-refractivity contribution in [2.45, 2.75) is 57.6 Å². The highest BCUT2D eigenvalue weighted by atomic mass is 16.4. The number of hydrogen-bond acceptors (Lipinski definition) is 3. The summed E-state index contributed by atoms with van der Waals surface area (Å²) < 4.78 is 0. The number of nitrogens with zero attached hydrogens (tertiary/aromatic N) is 1. The molecule has 0 aliphatic carbocycles. The number of urea groups is 1. The van der Waals surface area contributed by atoms with E-state index in [-0.39, 0.29) is 6.54 Å². The van der Waals surface area contributed by atoms with E-state index in [0.29, 0.717) is 25.8 Å².